The van der Waals surface area contributed by atoms with E-state index in [1.807, 2.05) is 13.8 Å². The lowest BCUT2D eigenvalue weighted by atomic mass is 10.0. The summed E-state index contributed by atoms with van der Waals surface area (Å²) in [7, 11) is -4.05. The van der Waals surface area contributed by atoms with Gasteiger partial charge in [-0.15, -0.1) is 0 Å². The third kappa shape index (κ3) is 6.10. The van der Waals surface area contributed by atoms with E-state index in [1.165, 1.54) is 23.3 Å². The molecule has 2 aromatic carbocycles. The molecule has 0 aliphatic heterocycles. The largest absolute Gasteiger partial charge is 0.294 e. The van der Waals surface area contributed by atoms with Crippen LogP contribution < -0.4 is 0 Å². The van der Waals surface area contributed by atoms with Crippen molar-refractivity contribution in [2.45, 2.75) is 38.5 Å². The fraction of sp³-hybridized carbons (Fsp3) is 0.294. The average Bonchev–Trinajstić information content (AvgIpc) is 2.42. The smallest absolute Gasteiger partial charge is 0.282 e. The highest BCUT2D eigenvalue weighted by atomic mass is 32.2. The molecule has 0 saturated carbocycles. The lowest BCUT2D eigenvalue weighted by Gasteiger charge is -2.04. The molecule has 3 nitrogen and oxygen atoms in total. The van der Waals surface area contributed by atoms with E-state index in [0.717, 1.165) is 5.56 Å². The van der Waals surface area contributed by atoms with Crippen molar-refractivity contribution in [3.05, 3.63) is 65.2 Å². The van der Waals surface area contributed by atoms with Gasteiger partial charge in [0.05, 0.1) is 4.90 Å². The Morgan fingerprint density at radius 2 is 1.19 bits per heavy atom. The second-order valence-electron chi connectivity index (χ2n) is 5.35. The van der Waals surface area contributed by atoms with Gasteiger partial charge in [0, 0.05) is 0 Å². The van der Waals surface area contributed by atoms with Crippen molar-refractivity contribution >= 4 is 10.1 Å². The van der Waals surface area contributed by atoms with Crippen LogP contribution in [0.4, 0.5) is 0 Å². The zero-order chi connectivity index (χ0) is 16.0. The number of hydrogen-bond donors (Lipinski definition) is 1. The highest BCUT2D eigenvalue weighted by molar-refractivity contribution is 7.85. The molecule has 0 aliphatic rings. The molecular weight excluding hydrogens is 284 g/mol. The predicted octanol–water partition coefficient (Wildman–Crippen LogP) is 4.36. The van der Waals surface area contributed by atoms with Gasteiger partial charge in [-0.05, 0) is 37.5 Å². The summed E-state index contributed by atoms with van der Waals surface area (Å²) in [5, 5.41) is 0. The Kier molecular flexibility index (Phi) is 6.12. The molecule has 0 unspecified atom stereocenters. The van der Waals surface area contributed by atoms with Crippen LogP contribution in [0.3, 0.4) is 0 Å². The minimum atomic E-state index is -4.05. The summed E-state index contributed by atoms with van der Waals surface area (Å²) in [6.45, 7) is 8.23. The van der Waals surface area contributed by atoms with Crippen LogP contribution in [0, 0.1) is 13.8 Å². The zero-order valence-corrected chi connectivity index (χ0v) is 13.7. The lowest BCUT2D eigenvalue weighted by molar-refractivity contribution is 0.483. The van der Waals surface area contributed by atoms with Crippen molar-refractivity contribution in [3.63, 3.8) is 0 Å². The third-order valence-electron chi connectivity index (χ3n) is 3.06. The van der Waals surface area contributed by atoms with Gasteiger partial charge in [0.1, 0.15) is 0 Å². The molecule has 0 radical (unpaired) electrons. The maximum atomic E-state index is 10.7. The second-order valence-corrected chi connectivity index (χ2v) is 6.78. The maximum Gasteiger partial charge on any atom is 0.294 e. The minimum absolute atomic E-state index is 0.0584. The molecule has 0 aromatic heterocycles. The molecule has 2 aromatic rings. The van der Waals surface area contributed by atoms with E-state index in [1.54, 1.807) is 12.1 Å². The highest BCUT2D eigenvalue weighted by Gasteiger charge is 2.08. The fourth-order valence-electron chi connectivity index (χ4n) is 1.66. The Labute approximate surface area is 127 Å². The average molecular weight is 306 g/mol. The second kappa shape index (κ2) is 7.38. The Morgan fingerprint density at radius 1 is 0.810 bits per heavy atom. The van der Waals surface area contributed by atoms with Crippen LogP contribution in [0.25, 0.3) is 0 Å². The van der Waals surface area contributed by atoms with Gasteiger partial charge in [0.25, 0.3) is 10.1 Å². The first kappa shape index (κ1) is 17.4. The Balaban J connectivity index is 0.000000235. The van der Waals surface area contributed by atoms with Crippen molar-refractivity contribution in [2.24, 2.45) is 0 Å². The fourth-order valence-corrected chi connectivity index (χ4v) is 2.14. The summed E-state index contributed by atoms with van der Waals surface area (Å²) in [6, 6.07) is 14.7. The van der Waals surface area contributed by atoms with Gasteiger partial charge in [-0.2, -0.15) is 8.42 Å². The van der Waals surface area contributed by atoms with Gasteiger partial charge in [-0.1, -0.05) is 61.4 Å². The molecule has 0 saturated heterocycles. The summed E-state index contributed by atoms with van der Waals surface area (Å²) >= 11 is 0. The van der Waals surface area contributed by atoms with E-state index in [9.17, 15) is 8.42 Å². The molecule has 4 heteroatoms. The Morgan fingerprint density at radius 3 is 1.48 bits per heavy atom. The molecule has 0 amide bonds. The molecule has 0 fully saturated rings. The van der Waals surface area contributed by atoms with Crippen LogP contribution in [0.5, 0.6) is 0 Å². The van der Waals surface area contributed by atoms with Gasteiger partial charge >= 0.3 is 0 Å². The number of hydrogen-bond acceptors (Lipinski definition) is 2. The third-order valence-corrected chi connectivity index (χ3v) is 3.93. The van der Waals surface area contributed by atoms with Gasteiger partial charge < -0.3 is 0 Å². The van der Waals surface area contributed by atoms with E-state index < -0.39 is 10.1 Å². The zero-order valence-electron chi connectivity index (χ0n) is 12.9. The van der Waals surface area contributed by atoms with E-state index in [2.05, 4.69) is 38.1 Å². The Bertz CT molecular complexity index is 633. The van der Waals surface area contributed by atoms with Crippen molar-refractivity contribution in [3.8, 4) is 0 Å². The maximum absolute atomic E-state index is 10.7. The lowest BCUT2D eigenvalue weighted by Crippen LogP contribution is -1.98. The first-order valence-corrected chi connectivity index (χ1v) is 8.25. The summed E-state index contributed by atoms with van der Waals surface area (Å²) < 4.78 is 30.0. The van der Waals surface area contributed by atoms with Crippen molar-refractivity contribution in [1.29, 1.82) is 0 Å². The molecule has 0 spiro atoms. The molecule has 2 rings (SSSR count). The van der Waals surface area contributed by atoms with Crippen molar-refractivity contribution < 1.29 is 13.0 Å². The molecule has 0 atom stereocenters. The quantitative estimate of drug-likeness (QED) is 0.839. The van der Waals surface area contributed by atoms with Gasteiger partial charge in [0.2, 0.25) is 0 Å². The molecule has 21 heavy (non-hydrogen) atoms. The van der Waals surface area contributed by atoms with Crippen LogP contribution in [0.2, 0.25) is 0 Å². The molecule has 114 valence electrons. The number of aryl methyl sites for hydroxylation is 2. The Hall–Kier alpha value is -1.65. The number of rotatable bonds is 2. The molecule has 0 bridgehead atoms. The number of benzene rings is 2. The van der Waals surface area contributed by atoms with Gasteiger partial charge in [-0.25, -0.2) is 0 Å². The standard InChI is InChI=1S/C9H12O3S.C8H10/c1-7(2)8-3-5-9(6-4-8)13(10,11)12;1-7-3-5-8(2)6-4-7/h3-7H,1-2H3,(H,10,11,12);3-6H,1-2H3. The van der Waals surface area contributed by atoms with Crippen LogP contribution in [-0.2, 0) is 10.1 Å². The summed E-state index contributed by atoms with van der Waals surface area (Å²) in [6.07, 6.45) is 0. The van der Waals surface area contributed by atoms with Crippen LogP contribution in [-0.4, -0.2) is 13.0 Å². The normalized spacial score (nSPS) is 11.0. The van der Waals surface area contributed by atoms with E-state index >= 15 is 0 Å². The van der Waals surface area contributed by atoms with Crippen LogP contribution in [0.15, 0.2) is 53.4 Å². The summed E-state index contributed by atoms with van der Waals surface area (Å²) in [4.78, 5) is -0.0584. The molecule has 1 N–H and O–H groups in total. The van der Waals surface area contributed by atoms with E-state index in [0.29, 0.717) is 5.92 Å². The molecule has 0 heterocycles. The first-order chi connectivity index (χ1) is 9.70. The van der Waals surface area contributed by atoms with Crippen molar-refractivity contribution in [2.75, 3.05) is 0 Å². The minimum Gasteiger partial charge on any atom is -0.282 e. The first-order valence-electron chi connectivity index (χ1n) is 6.81. The summed E-state index contributed by atoms with van der Waals surface area (Å²) in [5.74, 6) is 0.357. The SMILES string of the molecule is CC(C)c1ccc(S(=O)(=O)O)cc1.Cc1ccc(C)cc1. The monoisotopic (exact) mass is 306 g/mol. The van der Waals surface area contributed by atoms with Crippen LogP contribution >= 0.6 is 0 Å². The highest BCUT2D eigenvalue weighted by Crippen LogP contribution is 2.16. The van der Waals surface area contributed by atoms with Crippen LogP contribution in [0.1, 0.15) is 36.5 Å². The summed E-state index contributed by atoms with van der Waals surface area (Å²) in [5.41, 5.74) is 3.71. The van der Waals surface area contributed by atoms with E-state index in [-0.39, 0.29) is 4.90 Å². The van der Waals surface area contributed by atoms with E-state index in [4.69, 9.17) is 4.55 Å². The molecule has 0 aliphatic carbocycles. The topological polar surface area (TPSA) is 54.4 Å². The van der Waals surface area contributed by atoms with Gasteiger partial charge in [-0.3, -0.25) is 4.55 Å². The molecular formula is C17H22O3S. The predicted molar refractivity (Wildman–Crippen MR) is 86.3 cm³/mol. The van der Waals surface area contributed by atoms with Gasteiger partial charge in [0.15, 0.2) is 0 Å². The van der Waals surface area contributed by atoms with Crippen molar-refractivity contribution in [1.82, 2.24) is 0 Å².